The van der Waals surface area contributed by atoms with Crippen molar-refractivity contribution in [2.75, 3.05) is 20.3 Å². The molecule has 0 atom stereocenters. The van der Waals surface area contributed by atoms with E-state index in [1.165, 1.54) is 16.0 Å². The lowest BCUT2D eigenvalue weighted by Gasteiger charge is -2.14. The summed E-state index contributed by atoms with van der Waals surface area (Å²) in [5.41, 5.74) is 4.41. The zero-order chi connectivity index (χ0) is 25.1. The number of ether oxygens (including phenoxy) is 2. The fourth-order valence-corrected chi connectivity index (χ4v) is 5.09. The Morgan fingerprint density at radius 1 is 0.917 bits per heavy atom. The highest BCUT2D eigenvalue weighted by Crippen LogP contribution is 2.34. The molecule has 0 N–H and O–H groups in total. The lowest BCUT2D eigenvalue weighted by Crippen LogP contribution is -2.32. The van der Waals surface area contributed by atoms with Crippen LogP contribution in [0, 0.1) is 6.92 Å². The Labute approximate surface area is 214 Å². The van der Waals surface area contributed by atoms with Crippen molar-refractivity contribution in [2.45, 2.75) is 13.5 Å². The normalized spacial score (nSPS) is 14.7. The summed E-state index contributed by atoms with van der Waals surface area (Å²) in [6.45, 7) is 3.14. The molecule has 3 aromatic carbocycles. The van der Waals surface area contributed by atoms with Gasteiger partial charge in [0.2, 0.25) is 0 Å². The number of fused-ring (bicyclic) bond motifs is 1. The maximum Gasteiger partial charge on any atom is 0.293 e. The number of carbonyl (C=O) groups is 2. The average Bonchev–Trinajstić information content (AvgIpc) is 3.37. The molecule has 36 heavy (non-hydrogen) atoms. The van der Waals surface area contributed by atoms with E-state index in [0.29, 0.717) is 16.4 Å². The van der Waals surface area contributed by atoms with Crippen LogP contribution in [0.1, 0.15) is 16.7 Å². The number of rotatable bonds is 8. The molecule has 0 saturated carbocycles. The van der Waals surface area contributed by atoms with Crippen molar-refractivity contribution in [1.82, 2.24) is 9.47 Å². The van der Waals surface area contributed by atoms with Crippen LogP contribution in [0.2, 0.25) is 0 Å². The fraction of sp³-hybridized carbons (Fsp3) is 0.172. The number of amides is 2. The zero-order valence-corrected chi connectivity index (χ0v) is 21.0. The molecule has 0 radical (unpaired) electrons. The highest BCUT2D eigenvalue weighted by Gasteiger charge is 2.35. The van der Waals surface area contributed by atoms with Crippen molar-refractivity contribution in [3.05, 3.63) is 101 Å². The highest BCUT2D eigenvalue weighted by atomic mass is 32.2. The molecule has 0 unspecified atom stereocenters. The first-order chi connectivity index (χ1) is 17.5. The van der Waals surface area contributed by atoms with Crippen LogP contribution in [0.4, 0.5) is 4.79 Å². The molecule has 0 spiro atoms. The monoisotopic (exact) mass is 498 g/mol. The van der Waals surface area contributed by atoms with Gasteiger partial charge in [-0.1, -0.05) is 60.2 Å². The topological polar surface area (TPSA) is 60.8 Å². The van der Waals surface area contributed by atoms with Crippen LogP contribution >= 0.6 is 11.8 Å². The molecule has 2 amide bonds. The van der Waals surface area contributed by atoms with E-state index in [2.05, 4.69) is 41.8 Å². The number of hydrogen-bond donors (Lipinski definition) is 0. The van der Waals surface area contributed by atoms with Gasteiger partial charge < -0.3 is 14.0 Å². The molecule has 182 valence electrons. The van der Waals surface area contributed by atoms with Crippen LogP contribution in [-0.2, 0) is 11.3 Å². The van der Waals surface area contributed by atoms with Crippen molar-refractivity contribution in [1.29, 1.82) is 0 Å². The Morgan fingerprint density at radius 2 is 1.64 bits per heavy atom. The summed E-state index contributed by atoms with van der Waals surface area (Å²) in [6, 6.07) is 23.9. The van der Waals surface area contributed by atoms with Gasteiger partial charge in [-0.3, -0.25) is 14.5 Å². The van der Waals surface area contributed by atoms with Gasteiger partial charge in [0.1, 0.15) is 6.61 Å². The van der Waals surface area contributed by atoms with Gasteiger partial charge in [0, 0.05) is 29.2 Å². The first kappa shape index (κ1) is 23.8. The van der Waals surface area contributed by atoms with Crippen LogP contribution in [0.15, 0.2) is 83.9 Å². The first-order valence-corrected chi connectivity index (χ1v) is 12.5. The molecule has 4 aromatic rings. The summed E-state index contributed by atoms with van der Waals surface area (Å²) in [7, 11) is 1.57. The number of aromatic nitrogens is 1. The van der Waals surface area contributed by atoms with Gasteiger partial charge in [0.15, 0.2) is 11.5 Å². The molecule has 0 aliphatic carbocycles. The summed E-state index contributed by atoms with van der Waals surface area (Å²) in [4.78, 5) is 27.4. The molecule has 2 heterocycles. The number of hydrogen-bond acceptors (Lipinski definition) is 5. The van der Waals surface area contributed by atoms with Crippen LogP contribution in [0.3, 0.4) is 0 Å². The molecule has 6 nitrogen and oxygen atoms in total. The van der Waals surface area contributed by atoms with Gasteiger partial charge in [-0.25, -0.2) is 0 Å². The largest absolute Gasteiger partial charge is 0.493 e. The molecule has 0 bridgehead atoms. The molecule has 1 aliphatic heterocycles. The lowest BCUT2D eigenvalue weighted by molar-refractivity contribution is -0.123. The third-order valence-corrected chi connectivity index (χ3v) is 7.00. The van der Waals surface area contributed by atoms with Crippen molar-refractivity contribution >= 4 is 39.9 Å². The smallest absolute Gasteiger partial charge is 0.293 e. The van der Waals surface area contributed by atoms with Crippen molar-refractivity contribution in [2.24, 2.45) is 0 Å². The van der Waals surface area contributed by atoms with Crippen LogP contribution < -0.4 is 9.47 Å². The van der Waals surface area contributed by atoms with Crippen molar-refractivity contribution in [3.63, 3.8) is 0 Å². The number of aryl methyl sites for hydroxylation is 1. The Hall–Kier alpha value is -3.97. The Kier molecular flexibility index (Phi) is 6.82. The van der Waals surface area contributed by atoms with E-state index < -0.39 is 0 Å². The maximum atomic E-state index is 13.1. The Morgan fingerprint density at radius 3 is 2.42 bits per heavy atom. The van der Waals surface area contributed by atoms with Crippen molar-refractivity contribution in [3.8, 4) is 11.5 Å². The van der Waals surface area contributed by atoms with E-state index >= 15 is 0 Å². The van der Waals surface area contributed by atoms with Crippen molar-refractivity contribution < 1.29 is 19.1 Å². The number of benzene rings is 3. The van der Waals surface area contributed by atoms with Crippen LogP contribution in [0.25, 0.3) is 17.0 Å². The predicted molar refractivity (Wildman–Crippen MR) is 143 cm³/mol. The third kappa shape index (κ3) is 4.88. The maximum absolute atomic E-state index is 13.1. The third-order valence-electron chi connectivity index (χ3n) is 6.09. The Balaban J connectivity index is 1.34. The van der Waals surface area contributed by atoms with Gasteiger partial charge in [-0.2, -0.15) is 0 Å². The second-order valence-corrected chi connectivity index (χ2v) is 9.54. The molecule has 1 fully saturated rings. The van der Waals surface area contributed by atoms with E-state index in [1.54, 1.807) is 19.2 Å². The predicted octanol–water partition coefficient (Wildman–Crippen LogP) is 6.12. The summed E-state index contributed by atoms with van der Waals surface area (Å²) >= 11 is 0.963. The SMILES string of the molecule is COc1ccccc1OCCN1C(=O)S/C(=C\c2cn(Cc3ccc(C)cc3)c3ccccc23)C1=O. The van der Waals surface area contributed by atoms with Crippen LogP contribution in [-0.4, -0.2) is 40.9 Å². The van der Waals surface area contributed by atoms with Gasteiger partial charge in [-0.05, 0) is 48.5 Å². The molecular formula is C29H26N2O4S. The second-order valence-electron chi connectivity index (χ2n) is 8.55. The quantitative estimate of drug-likeness (QED) is 0.274. The minimum atomic E-state index is -0.302. The summed E-state index contributed by atoms with van der Waals surface area (Å²) in [5.74, 6) is 0.876. The fourth-order valence-electron chi connectivity index (χ4n) is 4.23. The molecule has 7 heteroatoms. The van der Waals surface area contributed by atoms with E-state index in [0.717, 1.165) is 34.8 Å². The number of methoxy groups -OCH3 is 1. The summed E-state index contributed by atoms with van der Waals surface area (Å²) < 4.78 is 13.2. The summed E-state index contributed by atoms with van der Waals surface area (Å²) in [5, 5.41) is 0.745. The Bertz CT molecular complexity index is 1460. The minimum absolute atomic E-state index is 0.162. The molecule has 1 aromatic heterocycles. The average molecular weight is 499 g/mol. The van der Waals surface area contributed by atoms with Gasteiger partial charge >= 0.3 is 0 Å². The zero-order valence-electron chi connectivity index (χ0n) is 20.1. The van der Waals surface area contributed by atoms with Gasteiger partial charge in [-0.15, -0.1) is 0 Å². The highest BCUT2D eigenvalue weighted by molar-refractivity contribution is 8.18. The van der Waals surface area contributed by atoms with Gasteiger partial charge in [0.25, 0.3) is 11.1 Å². The number of thioether (sulfide) groups is 1. The lowest BCUT2D eigenvalue weighted by atomic mass is 10.1. The van der Waals surface area contributed by atoms with Gasteiger partial charge in [0.05, 0.1) is 18.6 Å². The first-order valence-electron chi connectivity index (χ1n) is 11.7. The molecule has 1 aliphatic rings. The number of nitrogens with zero attached hydrogens (tertiary/aromatic N) is 2. The summed E-state index contributed by atoms with van der Waals surface area (Å²) in [6.07, 6.45) is 3.86. The van der Waals surface area contributed by atoms with E-state index in [1.807, 2.05) is 42.6 Å². The number of imide groups is 1. The van der Waals surface area contributed by atoms with E-state index in [-0.39, 0.29) is 24.3 Å². The molecule has 1 saturated heterocycles. The molecular weight excluding hydrogens is 472 g/mol. The standard InChI is InChI=1S/C29H26N2O4S/c1-20-11-13-21(14-12-20)18-30-19-22(23-7-3-4-8-24(23)30)17-27-28(32)31(29(33)36-27)15-16-35-26-10-6-5-9-25(26)34-2/h3-14,17,19H,15-16,18H2,1-2H3/b27-17-. The number of para-hydroxylation sites is 3. The second kappa shape index (κ2) is 10.3. The minimum Gasteiger partial charge on any atom is -0.493 e. The number of carbonyl (C=O) groups excluding carboxylic acids is 2. The van der Waals surface area contributed by atoms with E-state index in [4.69, 9.17) is 9.47 Å². The molecule has 5 rings (SSSR count). The van der Waals surface area contributed by atoms with Crippen LogP contribution in [0.5, 0.6) is 11.5 Å². The van der Waals surface area contributed by atoms with E-state index in [9.17, 15) is 9.59 Å².